The van der Waals surface area contributed by atoms with Crippen molar-refractivity contribution in [2.45, 2.75) is 0 Å². The van der Waals surface area contributed by atoms with Crippen molar-refractivity contribution in [3.63, 3.8) is 0 Å². The van der Waals surface area contributed by atoms with Crippen LogP contribution in [0, 0.1) is 0 Å². The lowest BCUT2D eigenvalue weighted by atomic mass is 10.1. The lowest BCUT2D eigenvalue weighted by Crippen LogP contribution is -2.41. The molecule has 0 bridgehead atoms. The minimum Gasteiger partial charge on any atom is -0.309 e. The Bertz CT molecular complexity index is 1150. The topological polar surface area (TPSA) is 23.8 Å². The molecule has 3 aromatic carbocycles. The number of hydrogen-bond acceptors (Lipinski definition) is 3. The van der Waals surface area contributed by atoms with Crippen molar-refractivity contribution in [3.05, 3.63) is 90.5 Å². The molecular weight excluding hydrogens is 368 g/mol. The van der Waals surface area contributed by atoms with Crippen molar-refractivity contribution in [3.8, 4) is 16.9 Å². The predicted octanol–water partition coefficient (Wildman–Crippen LogP) is 4.88. The van der Waals surface area contributed by atoms with Crippen LogP contribution in [0.15, 0.2) is 90.0 Å². The van der Waals surface area contributed by atoms with Gasteiger partial charge in [0.15, 0.2) is 0 Å². The van der Waals surface area contributed by atoms with E-state index in [4.69, 9.17) is 5.10 Å². The van der Waals surface area contributed by atoms with Gasteiger partial charge in [-0.25, -0.2) is 0 Å². The number of hydrazone groups is 1. The molecule has 1 fully saturated rings. The van der Waals surface area contributed by atoms with Crippen LogP contribution >= 0.6 is 0 Å². The Kier molecular flexibility index (Phi) is 5.08. The molecule has 1 aliphatic rings. The Balaban J connectivity index is 1.71. The predicted molar refractivity (Wildman–Crippen MR) is 125 cm³/mol. The van der Waals surface area contributed by atoms with Crippen molar-refractivity contribution in [2.75, 3.05) is 33.2 Å². The van der Waals surface area contributed by atoms with E-state index in [2.05, 4.69) is 113 Å². The molecule has 4 nitrogen and oxygen atoms in total. The van der Waals surface area contributed by atoms with Gasteiger partial charge in [-0.05, 0) is 30.8 Å². The number of rotatable bonds is 4. The molecule has 0 unspecified atom stereocenters. The van der Waals surface area contributed by atoms with Crippen LogP contribution in [0.2, 0.25) is 0 Å². The summed E-state index contributed by atoms with van der Waals surface area (Å²) in [7, 11) is 2.17. The van der Waals surface area contributed by atoms with Crippen molar-refractivity contribution in [1.29, 1.82) is 0 Å². The molecule has 1 aromatic heterocycles. The molecule has 1 saturated heterocycles. The van der Waals surface area contributed by atoms with Crippen molar-refractivity contribution < 1.29 is 0 Å². The average molecular weight is 395 g/mol. The molecule has 0 amide bonds. The number of fused-ring (bicyclic) bond motifs is 1. The van der Waals surface area contributed by atoms with E-state index in [9.17, 15) is 0 Å². The summed E-state index contributed by atoms with van der Waals surface area (Å²) in [4.78, 5) is 2.35. The third-order valence-electron chi connectivity index (χ3n) is 5.81. The van der Waals surface area contributed by atoms with Crippen molar-refractivity contribution in [1.82, 2.24) is 14.5 Å². The summed E-state index contributed by atoms with van der Waals surface area (Å²) in [5.41, 5.74) is 5.90. The van der Waals surface area contributed by atoms with Crippen LogP contribution in [0.5, 0.6) is 0 Å². The van der Waals surface area contributed by atoms with Gasteiger partial charge in [-0.15, -0.1) is 0 Å². The summed E-state index contributed by atoms with van der Waals surface area (Å²) in [6.07, 6.45) is 2.06. The monoisotopic (exact) mass is 394 g/mol. The third kappa shape index (κ3) is 3.51. The average Bonchev–Trinajstić information content (AvgIpc) is 3.14. The van der Waals surface area contributed by atoms with Gasteiger partial charge in [0.25, 0.3) is 0 Å². The fraction of sp³-hybridized carbons (Fsp3) is 0.192. The zero-order valence-electron chi connectivity index (χ0n) is 17.3. The summed E-state index contributed by atoms with van der Waals surface area (Å²) < 4.78 is 2.36. The lowest BCUT2D eigenvalue weighted by Gasteiger charge is -2.30. The smallest absolute Gasteiger partial charge is 0.0629 e. The number of likely N-dealkylation sites (N-methyl/N-ethyl adjacent to an activating group) is 1. The van der Waals surface area contributed by atoms with Gasteiger partial charge in [-0.1, -0.05) is 66.7 Å². The highest BCUT2D eigenvalue weighted by Crippen LogP contribution is 2.35. The van der Waals surface area contributed by atoms with Crippen LogP contribution in [0.25, 0.3) is 27.8 Å². The van der Waals surface area contributed by atoms with Gasteiger partial charge in [0.05, 0.1) is 17.4 Å². The molecule has 2 heterocycles. The zero-order valence-corrected chi connectivity index (χ0v) is 17.3. The number of para-hydroxylation sites is 2. The maximum Gasteiger partial charge on any atom is 0.0629 e. The number of hydrogen-bond donors (Lipinski definition) is 0. The SMILES string of the molecule is CN1CCN(/N=C\c2c(-c3ccccc3)n(-c3ccccc3)c3ccccc23)CC1. The van der Waals surface area contributed by atoms with Crippen LogP contribution in [0.1, 0.15) is 5.56 Å². The molecule has 0 aliphatic carbocycles. The Morgan fingerprint density at radius 2 is 1.37 bits per heavy atom. The number of piperazine rings is 1. The number of aromatic nitrogens is 1. The van der Waals surface area contributed by atoms with E-state index in [-0.39, 0.29) is 0 Å². The van der Waals surface area contributed by atoms with Gasteiger partial charge in [0, 0.05) is 42.8 Å². The van der Waals surface area contributed by atoms with Crippen LogP contribution in [0.3, 0.4) is 0 Å². The van der Waals surface area contributed by atoms with Crippen LogP contribution in [-0.4, -0.2) is 53.9 Å². The first kappa shape index (κ1) is 18.6. The molecule has 0 atom stereocenters. The Morgan fingerprint density at radius 1 is 0.733 bits per heavy atom. The Hall–Kier alpha value is -3.37. The third-order valence-corrected chi connectivity index (χ3v) is 5.81. The molecule has 0 radical (unpaired) electrons. The van der Waals surface area contributed by atoms with E-state index >= 15 is 0 Å². The molecule has 1 aliphatic heterocycles. The molecule has 0 N–H and O–H groups in total. The maximum absolute atomic E-state index is 4.90. The second kappa shape index (κ2) is 8.17. The van der Waals surface area contributed by atoms with Gasteiger partial charge in [0.1, 0.15) is 0 Å². The highest BCUT2D eigenvalue weighted by Gasteiger charge is 2.19. The van der Waals surface area contributed by atoms with E-state index in [1.54, 1.807) is 0 Å². The molecule has 30 heavy (non-hydrogen) atoms. The fourth-order valence-electron chi connectivity index (χ4n) is 4.17. The molecule has 0 spiro atoms. The highest BCUT2D eigenvalue weighted by atomic mass is 15.5. The van der Waals surface area contributed by atoms with Crippen LogP contribution in [0.4, 0.5) is 0 Å². The van der Waals surface area contributed by atoms with Gasteiger partial charge in [-0.2, -0.15) is 5.10 Å². The summed E-state index contributed by atoms with van der Waals surface area (Å²) in [6, 6.07) is 29.8. The van der Waals surface area contributed by atoms with Crippen molar-refractivity contribution in [2.24, 2.45) is 5.10 Å². The summed E-state index contributed by atoms with van der Waals surface area (Å²) in [5, 5.41) is 8.30. The molecule has 0 saturated carbocycles. The van der Waals surface area contributed by atoms with E-state index < -0.39 is 0 Å². The van der Waals surface area contributed by atoms with Gasteiger partial charge in [-0.3, -0.25) is 5.01 Å². The van der Waals surface area contributed by atoms with Gasteiger partial charge >= 0.3 is 0 Å². The van der Waals surface area contributed by atoms with Crippen LogP contribution in [-0.2, 0) is 0 Å². The zero-order chi connectivity index (χ0) is 20.3. The first-order chi connectivity index (χ1) is 14.8. The van der Waals surface area contributed by atoms with Crippen molar-refractivity contribution >= 4 is 17.1 Å². The standard InChI is InChI=1S/C26H26N4/c1-28-16-18-29(19-17-28)27-20-24-23-14-8-9-15-25(23)30(22-12-6-3-7-13-22)26(24)21-10-4-2-5-11-21/h2-15,20H,16-19H2,1H3/b27-20-. The van der Waals surface area contributed by atoms with Gasteiger partial charge < -0.3 is 9.47 Å². The Labute approximate surface area is 177 Å². The normalized spacial score (nSPS) is 15.3. The second-order valence-corrected chi connectivity index (χ2v) is 7.82. The molecule has 4 aromatic rings. The van der Waals surface area contributed by atoms with Gasteiger partial charge in [0.2, 0.25) is 0 Å². The number of benzene rings is 3. The van der Waals surface area contributed by atoms with Crippen LogP contribution < -0.4 is 0 Å². The van der Waals surface area contributed by atoms with E-state index in [1.165, 1.54) is 27.7 Å². The first-order valence-electron chi connectivity index (χ1n) is 10.5. The first-order valence-corrected chi connectivity index (χ1v) is 10.5. The van der Waals surface area contributed by atoms with E-state index in [0.29, 0.717) is 0 Å². The molecular formula is C26H26N4. The maximum atomic E-state index is 4.90. The van der Waals surface area contributed by atoms with E-state index in [0.717, 1.165) is 31.9 Å². The minimum atomic E-state index is 0.963. The van der Waals surface area contributed by atoms with E-state index in [1.807, 2.05) is 0 Å². The molecule has 150 valence electrons. The molecule has 5 rings (SSSR count). The lowest BCUT2D eigenvalue weighted by molar-refractivity contribution is 0.159. The summed E-state index contributed by atoms with van der Waals surface area (Å²) in [5.74, 6) is 0. The number of nitrogens with zero attached hydrogens (tertiary/aromatic N) is 4. The second-order valence-electron chi connectivity index (χ2n) is 7.82. The molecule has 4 heteroatoms. The fourth-order valence-corrected chi connectivity index (χ4v) is 4.17. The highest BCUT2D eigenvalue weighted by molar-refractivity contribution is 6.07. The minimum absolute atomic E-state index is 0.963. The summed E-state index contributed by atoms with van der Waals surface area (Å²) >= 11 is 0. The quantitative estimate of drug-likeness (QED) is 0.461. The summed E-state index contributed by atoms with van der Waals surface area (Å²) in [6.45, 7) is 4.03. The largest absolute Gasteiger partial charge is 0.309 e. The Morgan fingerprint density at radius 3 is 2.10 bits per heavy atom.